The average molecular weight is 377 g/mol. The summed E-state index contributed by atoms with van der Waals surface area (Å²) in [5, 5.41) is -0.579. The first kappa shape index (κ1) is 18.1. The van der Waals surface area contributed by atoms with Crippen molar-refractivity contribution in [3.05, 3.63) is 44.6 Å². The molecule has 2 heterocycles. The van der Waals surface area contributed by atoms with Crippen molar-refractivity contribution in [3.8, 4) is 11.5 Å². The van der Waals surface area contributed by atoms with Gasteiger partial charge in [0.2, 0.25) is 0 Å². The van der Waals surface area contributed by atoms with E-state index in [1.54, 1.807) is 19.1 Å². The summed E-state index contributed by atoms with van der Waals surface area (Å²) in [7, 11) is 2.74. The molecule has 2 N–H and O–H groups in total. The predicted molar refractivity (Wildman–Crippen MR) is 98.4 cm³/mol. The summed E-state index contributed by atoms with van der Waals surface area (Å²) < 4.78 is 13.0. The SMILES string of the molecule is CC(Sc1ccc2c(c1)OCCO2)C(=O)c1c(N)n(C)c(=O)n(C)c1=O. The number of carbonyl (C=O) groups is 1. The number of Topliss-reactive ketones (excluding diaryl/α,β-unsaturated/α-hetero) is 1. The quantitative estimate of drug-likeness (QED) is 0.620. The first-order valence-corrected chi connectivity index (χ1v) is 8.85. The number of benzene rings is 1. The zero-order chi connectivity index (χ0) is 19.0. The van der Waals surface area contributed by atoms with Crippen LogP contribution in [0.5, 0.6) is 11.5 Å². The molecule has 0 saturated carbocycles. The molecule has 0 spiro atoms. The Morgan fingerprint density at radius 1 is 1.15 bits per heavy atom. The van der Waals surface area contributed by atoms with Crippen LogP contribution in [-0.4, -0.2) is 33.4 Å². The Balaban J connectivity index is 1.90. The fourth-order valence-corrected chi connectivity index (χ4v) is 3.60. The number of thioether (sulfide) groups is 1. The third kappa shape index (κ3) is 3.10. The van der Waals surface area contributed by atoms with Gasteiger partial charge in [0.05, 0.1) is 5.25 Å². The van der Waals surface area contributed by atoms with Crippen LogP contribution in [0.1, 0.15) is 17.3 Å². The van der Waals surface area contributed by atoms with Crippen molar-refractivity contribution in [2.24, 2.45) is 14.1 Å². The molecule has 0 aliphatic carbocycles. The van der Waals surface area contributed by atoms with Crippen molar-refractivity contribution in [2.45, 2.75) is 17.1 Å². The van der Waals surface area contributed by atoms with Gasteiger partial charge >= 0.3 is 5.69 Å². The van der Waals surface area contributed by atoms with Gasteiger partial charge in [-0.3, -0.25) is 18.7 Å². The summed E-state index contributed by atoms with van der Waals surface area (Å²) in [6, 6.07) is 5.41. The second kappa shape index (κ2) is 6.91. The number of rotatable bonds is 4. The van der Waals surface area contributed by atoms with Crippen LogP contribution in [0.4, 0.5) is 5.82 Å². The van der Waals surface area contributed by atoms with E-state index in [0.29, 0.717) is 24.7 Å². The molecule has 1 aliphatic heterocycles. The highest BCUT2D eigenvalue weighted by atomic mass is 32.2. The van der Waals surface area contributed by atoms with Crippen LogP contribution in [0.2, 0.25) is 0 Å². The van der Waals surface area contributed by atoms with E-state index in [0.717, 1.165) is 14.0 Å². The van der Waals surface area contributed by atoms with Gasteiger partial charge in [0.25, 0.3) is 5.56 Å². The standard InChI is InChI=1S/C17H19N3O5S/c1-9(26-10-4-5-11-12(8-10)25-7-6-24-11)14(21)13-15(18)19(2)17(23)20(3)16(13)22/h4-5,8-9H,6-7,18H2,1-3H3. The highest BCUT2D eigenvalue weighted by Crippen LogP contribution is 2.36. The van der Waals surface area contributed by atoms with E-state index in [9.17, 15) is 14.4 Å². The minimum absolute atomic E-state index is 0.127. The highest BCUT2D eigenvalue weighted by molar-refractivity contribution is 8.00. The lowest BCUT2D eigenvalue weighted by molar-refractivity contribution is 0.0992. The number of fused-ring (bicyclic) bond motifs is 1. The van der Waals surface area contributed by atoms with Crippen molar-refractivity contribution in [3.63, 3.8) is 0 Å². The van der Waals surface area contributed by atoms with Crippen LogP contribution < -0.4 is 26.5 Å². The Morgan fingerprint density at radius 2 is 1.81 bits per heavy atom. The predicted octanol–water partition coefficient (Wildman–Crippen LogP) is 0.801. The van der Waals surface area contributed by atoms with Gasteiger partial charge in [-0.2, -0.15) is 0 Å². The van der Waals surface area contributed by atoms with E-state index in [2.05, 4.69) is 0 Å². The van der Waals surface area contributed by atoms with Crippen LogP contribution in [0, 0.1) is 0 Å². The Morgan fingerprint density at radius 3 is 2.50 bits per heavy atom. The van der Waals surface area contributed by atoms with E-state index in [4.69, 9.17) is 15.2 Å². The molecule has 0 amide bonds. The van der Waals surface area contributed by atoms with E-state index in [-0.39, 0.29) is 11.4 Å². The summed E-state index contributed by atoms with van der Waals surface area (Å²) in [4.78, 5) is 37.9. The van der Waals surface area contributed by atoms with Gasteiger partial charge in [-0.15, -0.1) is 11.8 Å². The number of hydrogen-bond acceptors (Lipinski definition) is 7. The third-order valence-electron chi connectivity index (χ3n) is 4.15. The van der Waals surface area contributed by atoms with Crippen LogP contribution in [-0.2, 0) is 14.1 Å². The van der Waals surface area contributed by atoms with E-state index >= 15 is 0 Å². The molecule has 0 radical (unpaired) electrons. The molecule has 1 unspecified atom stereocenters. The lowest BCUT2D eigenvalue weighted by Crippen LogP contribution is -2.42. The first-order chi connectivity index (χ1) is 12.3. The summed E-state index contributed by atoms with van der Waals surface area (Å²) in [6.45, 7) is 2.66. The van der Waals surface area contributed by atoms with Gasteiger partial charge in [0.15, 0.2) is 17.3 Å². The van der Waals surface area contributed by atoms with Crippen molar-refractivity contribution in [1.29, 1.82) is 0 Å². The van der Waals surface area contributed by atoms with Crippen molar-refractivity contribution in [1.82, 2.24) is 9.13 Å². The maximum absolute atomic E-state index is 12.8. The van der Waals surface area contributed by atoms with Gasteiger partial charge in [0, 0.05) is 19.0 Å². The lowest BCUT2D eigenvalue weighted by atomic mass is 10.1. The number of ketones is 1. The monoisotopic (exact) mass is 377 g/mol. The molecule has 9 heteroatoms. The molecule has 0 fully saturated rings. The smallest absolute Gasteiger partial charge is 0.332 e. The largest absolute Gasteiger partial charge is 0.486 e. The number of anilines is 1. The molecule has 1 atom stereocenters. The van der Waals surface area contributed by atoms with E-state index < -0.39 is 22.3 Å². The Labute approximate surface area is 153 Å². The number of nitrogens with two attached hydrogens (primary N) is 1. The molecule has 0 saturated heterocycles. The average Bonchev–Trinajstić information content (AvgIpc) is 2.64. The molecule has 26 heavy (non-hydrogen) atoms. The number of carbonyl (C=O) groups excluding carboxylic acids is 1. The van der Waals surface area contributed by atoms with E-state index in [1.165, 1.54) is 25.9 Å². The van der Waals surface area contributed by atoms with Crippen molar-refractivity contribution < 1.29 is 14.3 Å². The van der Waals surface area contributed by atoms with E-state index in [1.807, 2.05) is 6.07 Å². The second-order valence-corrected chi connectivity index (χ2v) is 7.31. The normalized spacial score (nSPS) is 14.1. The van der Waals surface area contributed by atoms with Crippen LogP contribution in [0.3, 0.4) is 0 Å². The summed E-state index contributed by atoms with van der Waals surface area (Å²) in [5.41, 5.74) is 4.42. The minimum atomic E-state index is -0.690. The second-order valence-electron chi connectivity index (χ2n) is 5.90. The number of nitrogens with zero attached hydrogens (tertiary/aromatic N) is 2. The zero-order valence-electron chi connectivity index (χ0n) is 14.6. The van der Waals surface area contributed by atoms with Gasteiger partial charge in [0.1, 0.15) is 24.6 Å². The Bertz CT molecular complexity index is 995. The van der Waals surface area contributed by atoms with Crippen LogP contribution in [0.25, 0.3) is 0 Å². The van der Waals surface area contributed by atoms with Crippen LogP contribution >= 0.6 is 11.8 Å². The summed E-state index contributed by atoms with van der Waals surface area (Å²) >= 11 is 1.28. The number of aromatic nitrogens is 2. The topological polar surface area (TPSA) is 106 Å². The zero-order valence-corrected chi connectivity index (χ0v) is 15.5. The molecule has 1 aromatic heterocycles. The Kier molecular flexibility index (Phi) is 4.82. The first-order valence-electron chi connectivity index (χ1n) is 7.97. The van der Waals surface area contributed by atoms with Gasteiger partial charge in [-0.25, -0.2) is 4.79 Å². The Hall–Kier alpha value is -2.68. The fraction of sp³-hybridized carbons (Fsp3) is 0.353. The van der Waals surface area contributed by atoms with Crippen LogP contribution in [0.15, 0.2) is 32.7 Å². The molecule has 3 rings (SSSR count). The minimum Gasteiger partial charge on any atom is -0.486 e. The number of ether oxygens (including phenoxy) is 2. The van der Waals surface area contributed by atoms with Gasteiger partial charge < -0.3 is 15.2 Å². The van der Waals surface area contributed by atoms with Crippen molar-refractivity contribution >= 4 is 23.4 Å². The molecule has 1 aromatic carbocycles. The molecule has 8 nitrogen and oxygen atoms in total. The highest BCUT2D eigenvalue weighted by Gasteiger charge is 2.25. The molecule has 1 aliphatic rings. The van der Waals surface area contributed by atoms with Crippen molar-refractivity contribution in [2.75, 3.05) is 18.9 Å². The van der Waals surface area contributed by atoms with Gasteiger partial charge in [-0.05, 0) is 25.1 Å². The summed E-state index contributed by atoms with van der Waals surface area (Å²) in [5.74, 6) is 0.727. The fourth-order valence-electron chi connectivity index (χ4n) is 2.65. The molecular formula is C17H19N3O5S. The summed E-state index contributed by atoms with van der Waals surface area (Å²) in [6.07, 6.45) is 0. The maximum Gasteiger partial charge on any atom is 0.332 e. The maximum atomic E-state index is 12.8. The molecule has 2 aromatic rings. The number of nitrogen functional groups attached to an aromatic ring is 1. The van der Waals surface area contributed by atoms with Gasteiger partial charge in [-0.1, -0.05) is 0 Å². The number of hydrogen-bond donors (Lipinski definition) is 1. The molecule has 138 valence electrons. The lowest BCUT2D eigenvalue weighted by Gasteiger charge is -2.19. The third-order valence-corrected chi connectivity index (χ3v) is 5.25. The molecule has 0 bridgehead atoms. The molecular weight excluding hydrogens is 358 g/mol.